The van der Waals surface area contributed by atoms with Gasteiger partial charge in [0.25, 0.3) is 0 Å². The molecule has 31 heavy (non-hydrogen) atoms. The van der Waals surface area contributed by atoms with E-state index in [1.807, 2.05) is 4.57 Å². The molecule has 0 fully saturated rings. The molecule has 0 saturated carbocycles. The Morgan fingerprint density at radius 2 is 1.90 bits per heavy atom. The standard InChI is InChI=1S/C21H21FN4O4S/c1-14(27)25-17-6-8-19(9-7-17)31(28,29)24-10-18-12-26-20(11-23-21(26)13-30-18)15-2-4-16(22)5-3-15/h2-9,11,18,24H,10,12-13H2,1H3,(H,25,27)/t18-/m0/s1. The van der Waals surface area contributed by atoms with E-state index >= 15 is 0 Å². The Morgan fingerprint density at radius 1 is 1.19 bits per heavy atom. The smallest absolute Gasteiger partial charge is 0.240 e. The van der Waals surface area contributed by atoms with Gasteiger partial charge < -0.3 is 14.6 Å². The van der Waals surface area contributed by atoms with Gasteiger partial charge in [0.15, 0.2) is 0 Å². The molecular weight excluding hydrogens is 423 g/mol. The Morgan fingerprint density at radius 3 is 2.58 bits per heavy atom. The summed E-state index contributed by atoms with van der Waals surface area (Å²) < 4.78 is 48.7. The Bertz CT molecular complexity index is 1190. The average molecular weight is 444 g/mol. The Balaban J connectivity index is 1.43. The number of fused-ring (bicyclic) bond motifs is 1. The number of rotatable bonds is 6. The van der Waals surface area contributed by atoms with Gasteiger partial charge in [-0.2, -0.15) is 0 Å². The number of nitrogens with zero attached hydrogens (tertiary/aromatic N) is 2. The van der Waals surface area contributed by atoms with E-state index in [-0.39, 0.29) is 29.8 Å². The van der Waals surface area contributed by atoms with Gasteiger partial charge in [-0.25, -0.2) is 22.5 Å². The zero-order chi connectivity index (χ0) is 22.0. The molecule has 10 heteroatoms. The number of halogens is 1. The minimum absolute atomic E-state index is 0.0796. The summed E-state index contributed by atoms with van der Waals surface area (Å²) in [6.45, 7) is 2.12. The van der Waals surface area contributed by atoms with Gasteiger partial charge in [0.05, 0.1) is 29.4 Å². The third-order valence-corrected chi connectivity index (χ3v) is 6.34. The predicted octanol–water partition coefficient (Wildman–Crippen LogP) is 2.52. The van der Waals surface area contributed by atoms with Crippen LogP contribution in [0, 0.1) is 5.82 Å². The summed E-state index contributed by atoms with van der Waals surface area (Å²) in [5, 5.41) is 2.59. The first-order valence-corrected chi connectivity index (χ1v) is 11.1. The van der Waals surface area contributed by atoms with E-state index in [0.717, 1.165) is 17.1 Å². The molecular formula is C21H21FN4O4S. The van der Waals surface area contributed by atoms with Crippen molar-refractivity contribution in [3.05, 3.63) is 66.4 Å². The second-order valence-corrected chi connectivity index (χ2v) is 8.93. The number of imidazole rings is 1. The molecule has 8 nitrogen and oxygen atoms in total. The molecule has 1 atom stereocenters. The zero-order valence-corrected chi connectivity index (χ0v) is 17.5. The van der Waals surface area contributed by atoms with Gasteiger partial charge in [0.1, 0.15) is 18.2 Å². The van der Waals surface area contributed by atoms with Gasteiger partial charge >= 0.3 is 0 Å². The van der Waals surface area contributed by atoms with Crippen LogP contribution in [0.5, 0.6) is 0 Å². The molecule has 0 spiro atoms. The molecule has 1 aliphatic rings. The number of ether oxygens (including phenoxy) is 1. The topological polar surface area (TPSA) is 102 Å². The Labute approximate surface area is 179 Å². The number of nitrogens with one attached hydrogen (secondary N) is 2. The third kappa shape index (κ3) is 4.82. The first-order valence-electron chi connectivity index (χ1n) is 9.61. The summed E-state index contributed by atoms with van der Waals surface area (Å²) in [4.78, 5) is 15.5. The minimum Gasteiger partial charge on any atom is -0.367 e. The molecule has 3 aromatic rings. The van der Waals surface area contributed by atoms with Crippen LogP contribution in [0.3, 0.4) is 0 Å². The Kier molecular flexibility index (Phi) is 5.86. The number of hydrogen-bond donors (Lipinski definition) is 2. The number of carbonyl (C=O) groups is 1. The minimum atomic E-state index is -3.75. The number of amides is 1. The predicted molar refractivity (Wildman–Crippen MR) is 112 cm³/mol. The largest absolute Gasteiger partial charge is 0.367 e. The molecule has 2 heterocycles. The van der Waals surface area contributed by atoms with Crippen molar-refractivity contribution in [2.45, 2.75) is 31.1 Å². The van der Waals surface area contributed by atoms with Gasteiger partial charge in [0, 0.05) is 19.2 Å². The number of sulfonamides is 1. The summed E-state index contributed by atoms with van der Waals surface area (Å²) >= 11 is 0. The van der Waals surface area contributed by atoms with Crippen LogP contribution in [0.2, 0.25) is 0 Å². The van der Waals surface area contributed by atoms with Crippen molar-refractivity contribution < 1.29 is 22.3 Å². The van der Waals surface area contributed by atoms with Gasteiger partial charge in [-0.3, -0.25) is 4.79 Å². The van der Waals surface area contributed by atoms with Crippen molar-refractivity contribution in [1.82, 2.24) is 14.3 Å². The van der Waals surface area contributed by atoms with E-state index in [0.29, 0.717) is 12.2 Å². The normalized spacial score (nSPS) is 16.0. The van der Waals surface area contributed by atoms with Crippen LogP contribution < -0.4 is 10.0 Å². The fourth-order valence-electron chi connectivity index (χ4n) is 3.36. The monoisotopic (exact) mass is 444 g/mol. The average Bonchev–Trinajstić information content (AvgIpc) is 3.16. The Hall–Kier alpha value is -3.08. The molecule has 1 aliphatic heterocycles. The lowest BCUT2D eigenvalue weighted by atomic mass is 10.1. The summed E-state index contributed by atoms with van der Waals surface area (Å²) in [5.74, 6) is 0.178. The van der Waals surface area contributed by atoms with Gasteiger partial charge in [0.2, 0.25) is 15.9 Å². The molecule has 2 aromatic carbocycles. The van der Waals surface area contributed by atoms with Crippen molar-refractivity contribution in [3.8, 4) is 11.3 Å². The van der Waals surface area contributed by atoms with Crippen molar-refractivity contribution in [2.75, 3.05) is 11.9 Å². The maximum atomic E-state index is 13.2. The molecule has 0 bridgehead atoms. The first kappa shape index (κ1) is 21.2. The highest BCUT2D eigenvalue weighted by Crippen LogP contribution is 2.25. The van der Waals surface area contributed by atoms with Gasteiger partial charge in [-0.15, -0.1) is 0 Å². The number of hydrogen-bond acceptors (Lipinski definition) is 5. The fourth-order valence-corrected chi connectivity index (χ4v) is 4.43. The zero-order valence-electron chi connectivity index (χ0n) is 16.7. The van der Waals surface area contributed by atoms with Crippen LogP contribution in [-0.4, -0.2) is 36.5 Å². The molecule has 1 amide bonds. The number of carbonyl (C=O) groups excluding carboxylic acids is 1. The third-order valence-electron chi connectivity index (χ3n) is 4.90. The second-order valence-electron chi connectivity index (χ2n) is 7.17. The van der Waals surface area contributed by atoms with Crippen molar-refractivity contribution in [3.63, 3.8) is 0 Å². The van der Waals surface area contributed by atoms with Crippen LogP contribution in [0.15, 0.2) is 59.6 Å². The van der Waals surface area contributed by atoms with E-state index < -0.39 is 16.1 Å². The molecule has 0 unspecified atom stereocenters. The molecule has 0 aliphatic carbocycles. The highest BCUT2D eigenvalue weighted by molar-refractivity contribution is 7.89. The van der Waals surface area contributed by atoms with Crippen molar-refractivity contribution in [1.29, 1.82) is 0 Å². The fraction of sp³-hybridized carbons (Fsp3) is 0.238. The van der Waals surface area contributed by atoms with Gasteiger partial charge in [-0.1, -0.05) is 0 Å². The maximum Gasteiger partial charge on any atom is 0.240 e. The highest BCUT2D eigenvalue weighted by Gasteiger charge is 2.25. The van der Waals surface area contributed by atoms with E-state index in [2.05, 4.69) is 15.0 Å². The molecule has 162 valence electrons. The lowest BCUT2D eigenvalue weighted by Gasteiger charge is -2.26. The van der Waals surface area contributed by atoms with E-state index in [1.54, 1.807) is 18.3 Å². The van der Waals surface area contributed by atoms with Crippen LogP contribution in [0.1, 0.15) is 12.7 Å². The van der Waals surface area contributed by atoms with Crippen molar-refractivity contribution >= 4 is 21.6 Å². The molecule has 4 rings (SSSR count). The maximum absolute atomic E-state index is 13.2. The number of anilines is 1. The number of aromatic nitrogens is 2. The quantitative estimate of drug-likeness (QED) is 0.608. The van der Waals surface area contributed by atoms with E-state index in [9.17, 15) is 17.6 Å². The van der Waals surface area contributed by atoms with Crippen LogP contribution >= 0.6 is 0 Å². The van der Waals surface area contributed by atoms with E-state index in [1.165, 1.54) is 43.3 Å². The van der Waals surface area contributed by atoms with Crippen LogP contribution in [0.4, 0.5) is 10.1 Å². The lowest BCUT2D eigenvalue weighted by Crippen LogP contribution is -2.39. The first-order chi connectivity index (χ1) is 14.8. The second kappa shape index (κ2) is 8.58. The van der Waals surface area contributed by atoms with Crippen LogP contribution in [-0.2, 0) is 32.7 Å². The molecule has 0 radical (unpaired) electrons. The van der Waals surface area contributed by atoms with Gasteiger partial charge in [-0.05, 0) is 54.1 Å². The molecule has 1 aromatic heterocycles. The summed E-state index contributed by atoms with van der Waals surface area (Å²) in [6, 6.07) is 12.0. The molecule has 2 N–H and O–H groups in total. The van der Waals surface area contributed by atoms with E-state index in [4.69, 9.17) is 4.74 Å². The highest BCUT2D eigenvalue weighted by atomic mass is 32.2. The number of benzene rings is 2. The van der Waals surface area contributed by atoms with Crippen molar-refractivity contribution in [2.24, 2.45) is 0 Å². The summed E-state index contributed by atoms with van der Waals surface area (Å²) in [6.07, 6.45) is 1.31. The SMILES string of the molecule is CC(=O)Nc1ccc(S(=O)(=O)NC[C@H]2Cn3c(-c4ccc(F)cc4)cnc3CO2)cc1. The lowest BCUT2D eigenvalue weighted by molar-refractivity contribution is -0.114. The summed E-state index contributed by atoms with van der Waals surface area (Å²) in [5.41, 5.74) is 2.16. The molecule has 0 saturated heterocycles. The summed E-state index contributed by atoms with van der Waals surface area (Å²) in [7, 11) is -3.75. The van der Waals surface area contributed by atoms with Crippen LogP contribution in [0.25, 0.3) is 11.3 Å².